The highest BCUT2D eigenvalue weighted by Crippen LogP contribution is 2.31. The van der Waals surface area contributed by atoms with Gasteiger partial charge < -0.3 is 10.6 Å². The Morgan fingerprint density at radius 2 is 1.79 bits per heavy atom. The summed E-state index contributed by atoms with van der Waals surface area (Å²) >= 11 is 0. The van der Waals surface area contributed by atoms with Crippen LogP contribution in [0.15, 0.2) is 36.4 Å². The number of halogens is 1. The number of carbonyl (C=O) groups excluding carboxylic acids is 1. The Morgan fingerprint density at radius 1 is 1.08 bits per heavy atom. The smallest absolute Gasteiger partial charge is 0.319 e. The average molecular weight is 328 g/mol. The Bertz CT molecular complexity index is 748. The van der Waals surface area contributed by atoms with Crippen LogP contribution in [0.2, 0.25) is 0 Å². The lowest BCUT2D eigenvalue weighted by Gasteiger charge is -2.24. The third kappa shape index (κ3) is 4.34. The molecule has 128 valence electrons. The van der Waals surface area contributed by atoms with Crippen LogP contribution in [-0.4, -0.2) is 6.03 Å². The van der Waals surface area contributed by atoms with E-state index in [0.29, 0.717) is 0 Å². The molecule has 0 radical (unpaired) electrons. The number of aryl methyl sites for hydroxylation is 2. The number of hydrogen-bond acceptors (Lipinski definition) is 1. The predicted octanol–water partition coefficient (Wildman–Crippen LogP) is 5.06. The Kier molecular flexibility index (Phi) is 5.27. The van der Waals surface area contributed by atoms with Gasteiger partial charge in [-0.05, 0) is 53.6 Å². The van der Waals surface area contributed by atoms with Crippen LogP contribution < -0.4 is 10.6 Å². The second kappa shape index (κ2) is 7.04. The van der Waals surface area contributed by atoms with Gasteiger partial charge in [0, 0.05) is 12.2 Å². The van der Waals surface area contributed by atoms with Crippen molar-refractivity contribution >= 4 is 11.7 Å². The first kappa shape index (κ1) is 18.0. The highest BCUT2D eigenvalue weighted by Gasteiger charge is 2.20. The van der Waals surface area contributed by atoms with E-state index < -0.39 is 0 Å². The molecule has 2 aromatic carbocycles. The molecular formula is C20H25FN2O. The molecule has 0 aliphatic rings. The lowest BCUT2D eigenvalue weighted by molar-refractivity contribution is 0.251. The highest BCUT2D eigenvalue weighted by molar-refractivity contribution is 5.91. The van der Waals surface area contributed by atoms with Crippen LogP contribution in [0.25, 0.3) is 0 Å². The maximum Gasteiger partial charge on any atom is 0.319 e. The molecule has 2 N–H and O–H groups in total. The van der Waals surface area contributed by atoms with Gasteiger partial charge in [0.1, 0.15) is 5.82 Å². The molecule has 2 aromatic rings. The van der Waals surface area contributed by atoms with Gasteiger partial charge in [0.05, 0.1) is 0 Å². The van der Waals surface area contributed by atoms with Crippen molar-refractivity contribution in [1.29, 1.82) is 0 Å². The minimum absolute atomic E-state index is 0.0756. The third-order valence-corrected chi connectivity index (χ3v) is 4.07. The van der Waals surface area contributed by atoms with E-state index >= 15 is 0 Å². The number of anilines is 1. The first-order valence-electron chi connectivity index (χ1n) is 8.08. The highest BCUT2D eigenvalue weighted by atomic mass is 19.1. The fourth-order valence-corrected chi connectivity index (χ4v) is 2.62. The number of urea groups is 1. The summed E-state index contributed by atoms with van der Waals surface area (Å²) in [5.41, 5.74) is 4.57. The fraction of sp³-hybridized carbons (Fsp3) is 0.350. The molecule has 0 saturated heterocycles. The van der Waals surface area contributed by atoms with Crippen LogP contribution in [0.1, 0.15) is 43.0 Å². The molecule has 0 heterocycles. The molecule has 0 aliphatic heterocycles. The largest absolute Gasteiger partial charge is 0.334 e. The summed E-state index contributed by atoms with van der Waals surface area (Å²) < 4.78 is 13.3. The topological polar surface area (TPSA) is 41.1 Å². The Labute approximate surface area is 143 Å². The standard InChI is InChI=1S/C20H25FN2O/c1-13-9-10-16(21)11-15(13)12-22-19(24)23-18-14(2)7-6-8-17(18)20(3,4)5/h6-11H,12H2,1-5H3,(H2,22,23,24). The van der Waals surface area contributed by atoms with Gasteiger partial charge in [0.15, 0.2) is 0 Å². The lowest BCUT2D eigenvalue weighted by atomic mass is 9.84. The van der Waals surface area contributed by atoms with Crippen molar-refractivity contribution in [2.24, 2.45) is 0 Å². The van der Waals surface area contributed by atoms with Gasteiger partial charge in [-0.15, -0.1) is 0 Å². The summed E-state index contributed by atoms with van der Waals surface area (Å²) in [5.74, 6) is -0.299. The van der Waals surface area contributed by atoms with Crippen LogP contribution in [0.5, 0.6) is 0 Å². The quantitative estimate of drug-likeness (QED) is 0.812. The molecule has 0 atom stereocenters. The zero-order valence-electron chi connectivity index (χ0n) is 15.0. The van der Waals surface area contributed by atoms with Crippen LogP contribution in [-0.2, 0) is 12.0 Å². The van der Waals surface area contributed by atoms with E-state index in [1.54, 1.807) is 6.07 Å². The SMILES string of the molecule is Cc1ccc(F)cc1CNC(=O)Nc1c(C)cccc1C(C)(C)C. The Balaban J connectivity index is 2.12. The van der Waals surface area contributed by atoms with Gasteiger partial charge in [-0.1, -0.05) is 45.0 Å². The van der Waals surface area contributed by atoms with Crippen molar-refractivity contribution in [3.63, 3.8) is 0 Å². The summed E-state index contributed by atoms with van der Waals surface area (Å²) in [6.45, 7) is 10.5. The first-order chi connectivity index (χ1) is 11.2. The second-order valence-corrected chi connectivity index (χ2v) is 7.13. The summed E-state index contributed by atoms with van der Waals surface area (Å²) in [4.78, 5) is 12.3. The van der Waals surface area contributed by atoms with Crippen LogP contribution >= 0.6 is 0 Å². The van der Waals surface area contributed by atoms with E-state index in [2.05, 4.69) is 31.4 Å². The van der Waals surface area contributed by atoms with Crippen LogP contribution in [0.4, 0.5) is 14.9 Å². The summed E-state index contributed by atoms with van der Waals surface area (Å²) in [6, 6.07) is 10.3. The van der Waals surface area contributed by atoms with E-state index in [0.717, 1.165) is 27.9 Å². The van der Waals surface area contributed by atoms with Crippen molar-refractivity contribution in [2.75, 3.05) is 5.32 Å². The predicted molar refractivity (Wildman–Crippen MR) is 96.9 cm³/mol. The summed E-state index contributed by atoms with van der Waals surface area (Å²) in [5, 5.41) is 5.75. The second-order valence-electron chi connectivity index (χ2n) is 7.13. The molecule has 0 aromatic heterocycles. The average Bonchev–Trinajstić information content (AvgIpc) is 2.49. The number of para-hydroxylation sites is 1. The summed E-state index contributed by atoms with van der Waals surface area (Å²) in [7, 11) is 0. The minimum Gasteiger partial charge on any atom is -0.334 e. The number of hydrogen-bond donors (Lipinski definition) is 2. The van der Waals surface area contributed by atoms with Crippen LogP contribution in [0.3, 0.4) is 0 Å². The van der Waals surface area contributed by atoms with E-state index in [1.165, 1.54) is 12.1 Å². The zero-order chi connectivity index (χ0) is 17.9. The molecular weight excluding hydrogens is 303 g/mol. The fourth-order valence-electron chi connectivity index (χ4n) is 2.62. The Hall–Kier alpha value is -2.36. The molecule has 0 bridgehead atoms. The molecule has 0 fully saturated rings. The lowest BCUT2D eigenvalue weighted by Crippen LogP contribution is -2.30. The number of amides is 2. The maximum atomic E-state index is 13.3. The summed E-state index contributed by atoms with van der Waals surface area (Å²) in [6.07, 6.45) is 0. The molecule has 2 rings (SSSR count). The number of carbonyl (C=O) groups is 1. The number of nitrogens with one attached hydrogen (secondary N) is 2. The van der Waals surface area contributed by atoms with Crippen molar-refractivity contribution in [3.8, 4) is 0 Å². The number of rotatable bonds is 3. The van der Waals surface area contributed by atoms with E-state index in [4.69, 9.17) is 0 Å². The molecule has 0 aliphatic carbocycles. The molecule has 0 saturated carbocycles. The Morgan fingerprint density at radius 3 is 2.46 bits per heavy atom. The van der Waals surface area contributed by atoms with Gasteiger partial charge in [-0.3, -0.25) is 0 Å². The van der Waals surface area contributed by atoms with Crippen molar-refractivity contribution in [2.45, 2.75) is 46.6 Å². The van der Waals surface area contributed by atoms with Gasteiger partial charge in [-0.25, -0.2) is 9.18 Å². The van der Waals surface area contributed by atoms with Crippen LogP contribution in [0, 0.1) is 19.7 Å². The van der Waals surface area contributed by atoms with Gasteiger partial charge in [-0.2, -0.15) is 0 Å². The van der Waals surface area contributed by atoms with E-state index in [-0.39, 0.29) is 23.8 Å². The molecule has 24 heavy (non-hydrogen) atoms. The number of benzene rings is 2. The molecule has 0 spiro atoms. The van der Waals surface area contributed by atoms with Gasteiger partial charge in [0.25, 0.3) is 0 Å². The normalized spacial score (nSPS) is 11.2. The van der Waals surface area contributed by atoms with E-state index in [9.17, 15) is 9.18 Å². The molecule has 3 nitrogen and oxygen atoms in total. The zero-order valence-corrected chi connectivity index (χ0v) is 15.0. The van der Waals surface area contributed by atoms with Crippen molar-refractivity contribution in [3.05, 3.63) is 64.5 Å². The monoisotopic (exact) mass is 328 g/mol. The molecule has 4 heteroatoms. The first-order valence-corrected chi connectivity index (χ1v) is 8.08. The molecule has 2 amide bonds. The minimum atomic E-state index is -0.299. The molecule has 0 unspecified atom stereocenters. The maximum absolute atomic E-state index is 13.3. The van der Waals surface area contributed by atoms with Gasteiger partial charge in [0.2, 0.25) is 0 Å². The third-order valence-electron chi connectivity index (χ3n) is 4.07. The van der Waals surface area contributed by atoms with Crippen molar-refractivity contribution in [1.82, 2.24) is 5.32 Å². The van der Waals surface area contributed by atoms with Gasteiger partial charge >= 0.3 is 6.03 Å². The van der Waals surface area contributed by atoms with E-state index in [1.807, 2.05) is 32.0 Å². The van der Waals surface area contributed by atoms with Crippen molar-refractivity contribution < 1.29 is 9.18 Å².